The number of hydrogen-bond donors (Lipinski definition) is 1. The van der Waals surface area contributed by atoms with Gasteiger partial charge in [0.1, 0.15) is 5.82 Å². The molecule has 2 aromatic rings. The third kappa shape index (κ3) is 3.11. The van der Waals surface area contributed by atoms with E-state index in [1.54, 1.807) is 12.4 Å². The van der Waals surface area contributed by atoms with Crippen molar-refractivity contribution in [3.8, 4) is 0 Å². The zero-order valence-electron chi connectivity index (χ0n) is 9.06. The van der Waals surface area contributed by atoms with Crippen molar-refractivity contribution in [2.24, 2.45) is 0 Å². The van der Waals surface area contributed by atoms with Crippen LogP contribution in [0.3, 0.4) is 0 Å². The van der Waals surface area contributed by atoms with Gasteiger partial charge in [0.05, 0.1) is 0 Å². The maximum atomic E-state index is 12.7. The number of nitrogens with zero attached hydrogens (tertiary/aromatic N) is 1. The van der Waals surface area contributed by atoms with Gasteiger partial charge in [0, 0.05) is 24.5 Å². The molecular formula is C13H11FN2O. The monoisotopic (exact) mass is 230 g/mol. The zero-order chi connectivity index (χ0) is 12.1. The average Bonchev–Trinajstić information content (AvgIpc) is 2.38. The normalized spacial score (nSPS) is 9.94. The number of benzene rings is 1. The maximum absolute atomic E-state index is 12.7. The smallest absolute Gasteiger partial charge is 0.251 e. The molecule has 1 amide bonds. The highest BCUT2D eigenvalue weighted by molar-refractivity contribution is 5.94. The SMILES string of the molecule is O=C(NCc1ccncc1)c1ccc(F)cc1. The molecule has 0 radical (unpaired) electrons. The van der Waals surface area contributed by atoms with Crippen LogP contribution in [0.25, 0.3) is 0 Å². The molecule has 2 rings (SSSR count). The van der Waals surface area contributed by atoms with Gasteiger partial charge in [-0.3, -0.25) is 9.78 Å². The van der Waals surface area contributed by atoms with Crippen LogP contribution in [0.15, 0.2) is 48.8 Å². The number of aromatic nitrogens is 1. The van der Waals surface area contributed by atoms with E-state index in [1.807, 2.05) is 12.1 Å². The molecule has 86 valence electrons. The van der Waals surface area contributed by atoms with Gasteiger partial charge in [-0.2, -0.15) is 0 Å². The lowest BCUT2D eigenvalue weighted by atomic mass is 10.2. The summed E-state index contributed by atoms with van der Waals surface area (Å²) in [5, 5.41) is 2.75. The molecule has 0 unspecified atom stereocenters. The van der Waals surface area contributed by atoms with Gasteiger partial charge in [0.15, 0.2) is 0 Å². The van der Waals surface area contributed by atoms with Crippen molar-refractivity contribution >= 4 is 5.91 Å². The highest BCUT2D eigenvalue weighted by Crippen LogP contribution is 2.03. The summed E-state index contributed by atoms with van der Waals surface area (Å²) in [7, 11) is 0. The number of pyridine rings is 1. The van der Waals surface area contributed by atoms with Crippen molar-refractivity contribution in [1.29, 1.82) is 0 Å². The molecule has 0 bridgehead atoms. The minimum absolute atomic E-state index is 0.221. The second-order valence-corrected chi connectivity index (χ2v) is 3.55. The van der Waals surface area contributed by atoms with Crippen LogP contribution in [0.4, 0.5) is 4.39 Å². The first-order valence-corrected chi connectivity index (χ1v) is 5.18. The maximum Gasteiger partial charge on any atom is 0.251 e. The lowest BCUT2D eigenvalue weighted by molar-refractivity contribution is 0.0951. The Morgan fingerprint density at radius 3 is 2.41 bits per heavy atom. The van der Waals surface area contributed by atoms with Crippen LogP contribution in [-0.2, 0) is 6.54 Å². The number of carbonyl (C=O) groups is 1. The molecule has 0 aliphatic rings. The molecule has 17 heavy (non-hydrogen) atoms. The number of amides is 1. The minimum Gasteiger partial charge on any atom is -0.348 e. The van der Waals surface area contributed by atoms with Crippen molar-refractivity contribution in [3.05, 3.63) is 65.7 Å². The second kappa shape index (κ2) is 5.21. The Labute approximate surface area is 98.3 Å². The molecule has 0 saturated carbocycles. The molecule has 3 nitrogen and oxygen atoms in total. The molecule has 1 aromatic heterocycles. The Balaban J connectivity index is 1.96. The molecule has 0 spiro atoms. The lowest BCUT2D eigenvalue weighted by Crippen LogP contribution is -2.22. The van der Waals surface area contributed by atoms with Crippen molar-refractivity contribution in [1.82, 2.24) is 10.3 Å². The van der Waals surface area contributed by atoms with E-state index in [1.165, 1.54) is 24.3 Å². The van der Waals surface area contributed by atoms with Crippen molar-refractivity contribution in [3.63, 3.8) is 0 Å². The predicted molar refractivity (Wildman–Crippen MR) is 61.8 cm³/mol. The van der Waals surface area contributed by atoms with Crippen molar-refractivity contribution in [2.75, 3.05) is 0 Å². The molecule has 1 N–H and O–H groups in total. The molecule has 0 aliphatic carbocycles. The Morgan fingerprint density at radius 2 is 1.76 bits per heavy atom. The van der Waals surface area contributed by atoms with E-state index in [9.17, 15) is 9.18 Å². The molecule has 4 heteroatoms. The van der Waals surface area contributed by atoms with Gasteiger partial charge in [-0.05, 0) is 42.0 Å². The van der Waals surface area contributed by atoms with Crippen LogP contribution in [0.1, 0.15) is 15.9 Å². The van der Waals surface area contributed by atoms with Gasteiger partial charge in [0.2, 0.25) is 0 Å². The van der Waals surface area contributed by atoms with Gasteiger partial charge in [-0.15, -0.1) is 0 Å². The molecule has 1 heterocycles. The van der Waals surface area contributed by atoms with E-state index in [-0.39, 0.29) is 11.7 Å². The van der Waals surface area contributed by atoms with Crippen LogP contribution >= 0.6 is 0 Å². The van der Waals surface area contributed by atoms with E-state index in [2.05, 4.69) is 10.3 Å². The zero-order valence-corrected chi connectivity index (χ0v) is 9.06. The van der Waals surface area contributed by atoms with Gasteiger partial charge < -0.3 is 5.32 Å². The van der Waals surface area contributed by atoms with Crippen LogP contribution in [-0.4, -0.2) is 10.9 Å². The largest absolute Gasteiger partial charge is 0.348 e. The Bertz CT molecular complexity index is 497. The van der Waals surface area contributed by atoms with Crippen LogP contribution in [0.2, 0.25) is 0 Å². The summed E-state index contributed by atoms with van der Waals surface area (Å²) < 4.78 is 12.7. The number of carbonyl (C=O) groups excluding carboxylic acids is 1. The van der Waals surface area contributed by atoms with E-state index in [4.69, 9.17) is 0 Å². The topological polar surface area (TPSA) is 42.0 Å². The first kappa shape index (κ1) is 11.3. The van der Waals surface area contributed by atoms with Crippen molar-refractivity contribution in [2.45, 2.75) is 6.54 Å². The fraction of sp³-hybridized carbons (Fsp3) is 0.0769. The summed E-state index contributed by atoms with van der Waals surface area (Å²) >= 11 is 0. The van der Waals surface area contributed by atoms with Crippen LogP contribution < -0.4 is 5.32 Å². The summed E-state index contributed by atoms with van der Waals surface area (Å²) in [6.45, 7) is 0.429. The average molecular weight is 230 g/mol. The third-order valence-electron chi connectivity index (χ3n) is 2.31. The summed E-state index contributed by atoms with van der Waals surface area (Å²) in [4.78, 5) is 15.6. The Morgan fingerprint density at radius 1 is 1.12 bits per heavy atom. The van der Waals surface area contributed by atoms with E-state index >= 15 is 0 Å². The molecule has 0 aliphatic heterocycles. The number of hydrogen-bond acceptors (Lipinski definition) is 2. The Hall–Kier alpha value is -2.23. The fourth-order valence-electron chi connectivity index (χ4n) is 1.39. The summed E-state index contributed by atoms with van der Waals surface area (Å²) in [5.74, 6) is -0.572. The van der Waals surface area contributed by atoms with E-state index in [0.29, 0.717) is 12.1 Å². The number of halogens is 1. The van der Waals surface area contributed by atoms with E-state index in [0.717, 1.165) is 5.56 Å². The third-order valence-corrected chi connectivity index (χ3v) is 2.31. The van der Waals surface area contributed by atoms with Gasteiger partial charge in [-0.25, -0.2) is 4.39 Å². The molecule has 1 aromatic carbocycles. The van der Waals surface area contributed by atoms with Gasteiger partial charge >= 0.3 is 0 Å². The second-order valence-electron chi connectivity index (χ2n) is 3.55. The summed E-state index contributed by atoms with van der Waals surface area (Å²) in [6.07, 6.45) is 3.33. The fourth-order valence-corrected chi connectivity index (χ4v) is 1.39. The Kier molecular flexibility index (Phi) is 3.45. The highest BCUT2D eigenvalue weighted by Gasteiger charge is 2.04. The van der Waals surface area contributed by atoms with Crippen molar-refractivity contribution < 1.29 is 9.18 Å². The minimum atomic E-state index is -0.351. The lowest BCUT2D eigenvalue weighted by Gasteiger charge is -2.04. The predicted octanol–water partition coefficient (Wildman–Crippen LogP) is 2.15. The molecular weight excluding hydrogens is 219 g/mol. The first-order valence-electron chi connectivity index (χ1n) is 5.18. The number of nitrogens with one attached hydrogen (secondary N) is 1. The van der Waals surface area contributed by atoms with Gasteiger partial charge in [0.25, 0.3) is 5.91 Å². The first-order chi connectivity index (χ1) is 8.25. The van der Waals surface area contributed by atoms with Gasteiger partial charge in [-0.1, -0.05) is 0 Å². The van der Waals surface area contributed by atoms with Crippen LogP contribution in [0.5, 0.6) is 0 Å². The molecule has 0 saturated heterocycles. The summed E-state index contributed by atoms with van der Waals surface area (Å²) in [5.41, 5.74) is 1.41. The number of rotatable bonds is 3. The molecule has 0 atom stereocenters. The quantitative estimate of drug-likeness (QED) is 0.877. The molecule has 0 fully saturated rings. The standard InChI is InChI=1S/C13H11FN2O/c14-12-3-1-11(2-4-12)13(17)16-9-10-5-7-15-8-6-10/h1-8H,9H2,(H,16,17). The summed E-state index contributed by atoms with van der Waals surface area (Å²) in [6, 6.07) is 9.09. The van der Waals surface area contributed by atoms with Crippen LogP contribution in [0, 0.1) is 5.82 Å². The highest BCUT2D eigenvalue weighted by atomic mass is 19.1. The van der Waals surface area contributed by atoms with E-state index < -0.39 is 0 Å².